The second-order valence-electron chi connectivity index (χ2n) is 8.44. The minimum absolute atomic E-state index is 0. The van der Waals surface area contributed by atoms with Crippen LogP contribution in [0.2, 0.25) is 0 Å². The van der Waals surface area contributed by atoms with Crippen molar-refractivity contribution in [3.63, 3.8) is 0 Å². The second-order valence-corrected chi connectivity index (χ2v) is 11.5. The molecule has 2 heterocycles. The Bertz CT molecular complexity index is 1170. The summed E-state index contributed by atoms with van der Waals surface area (Å²) in [5.41, 5.74) is 1.49. The number of nitrogens with zero attached hydrogens (tertiary/aromatic N) is 2. The van der Waals surface area contributed by atoms with Gasteiger partial charge in [0.2, 0.25) is 0 Å². The van der Waals surface area contributed by atoms with Crippen molar-refractivity contribution in [2.45, 2.75) is 37.8 Å². The summed E-state index contributed by atoms with van der Waals surface area (Å²) in [4.78, 5) is 2.49. The van der Waals surface area contributed by atoms with E-state index < -0.39 is 56.7 Å². The minimum Gasteiger partial charge on any atom is -0.748 e. The van der Waals surface area contributed by atoms with Crippen LogP contribution in [0.1, 0.15) is 60.0 Å². The van der Waals surface area contributed by atoms with E-state index >= 15 is 0 Å². The predicted molar refractivity (Wildman–Crippen MR) is 116 cm³/mol. The van der Waals surface area contributed by atoms with Crippen LogP contribution in [-0.4, -0.2) is 80.8 Å². The van der Waals surface area contributed by atoms with Gasteiger partial charge in [-0.05, 0) is 23.6 Å². The van der Waals surface area contributed by atoms with Gasteiger partial charge >= 0.3 is 59.1 Å². The number of benzene rings is 2. The van der Waals surface area contributed by atoms with E-state index in [4.69, 9.17) is 0 Å². The van der Waals surface area contributed by atoms with E-state index in [1.165, 1.54) is 9.80 Å². The molecule has 2 aromatic carbocycles. The summed E-state index contributed by atoms with van der Waals surface area (Å²) in [6.45, 7) is -0.147. The predicted octanol–water partition coefficient (Wildman–Crippen LogP) is -6.69. The molecule has 12 nitrogen and oxygen atoms in total. The molecule has 4 rings (SSSR count). The Kier molecular flexibility index (Phi) is 11.0. The van der Waals surface area contributed by atoms with Crippen LogP contribution < -0.4 is 59.1 Å². The Balaban J connectivity index is 0.00000228. The van der Waals surface area contributed by atoms with Crippen molar-refractivity contribution < 1.29 is 105 Å². The van der Waals surface area contributed by atoms with E-state index in [0.29, 0.717) is 33.0 Å². The van der Waals surface area contributed by atoms with Crippen LogP contribution in [0.25, 0.3) is 10.8 Å². The third-order valence-electron chi connectivity index (χ3n) is 6.28. The van der Waals surface area contributed by atoms with Crippen LogP contribution in [0.3, 0.4) is 0 Å². The van der Waals surface area contributed by atoms with E-state index in [-0.39, 0.29) is 85.0 Å². The van der Waals surface area contributed by atoms with Gasteiger partial charge in [0.1, 0.15) is 24.9 Å². The minimum atomic E-state index is -4.45. The van der Waals surface area contributed by atoms with Crippen molar-refractivity contribution in [3.05, 3.63) is 46.5 Å². The van der Waals surface area contributed by atoms with Gasteiger partial charge in [-0.25, -0.2) is 26.6 Å². The normalized spacial score (nSPS) is 24.3. The molecule has 0 saturated heterocycles. The van der Waals surface area contributed by atoms with Crippen molar-refractivity contribution in [2.75, 3.05) is 24.6 Å². The maximum atomic E-state index is 10.9. The van der Waals surface area contributed by atoms with E-state index in [1.807, 2.05) is 0 Å². The van der Waals surface area contributed by atoms with E-state index in [0.717, 1.165) is 0 Å². The first-order valence-electron chi connectivity index (χ1n) is 10.5. The van der Waals surface area contributed by atoms with Crippen LogP contribution in [0.15, 0.2) is 24.3 Å². The van der Waals surface area contributed by atoms with E-state index in [2.05, 4.69) is 0 Å². The fraction of sp³-hybridized carbons (Fsp3) is 0.500. The SMILES string of the molecule is O=S(=O)([O-])CCCN1C(O)c2ccc3c4c(ccc(c24)C1O)C(O)N(CCCS(=O)(=O)[O-])C3O.[Na+].[Na+]. The molecule has 2 aromatic rings. The Morgan fingerprint density at radius 3 is 1.08 bits per heavy atom. The Labute approximate surface area is 253 Å². The van der Waals surface area contributed by atoms with Gasteiger partial charge < -0.3 is 29.5 Å². The molecule has 36 heavy (non-hydrogen) atoms. The van der Waals surface area contributed by atoms with Crippen molar-refractivity contribution >= 4 is 31.0 Å². The molecule has 0 aliphatic carbocycles. The molecule has 188 valence electrons. The van der Waals surface area contributed by atoms with Crippen molar-refractivity contribution in [3.8, 4) is 0 Å². The molecule has 2 aliphatic rings. The number of hydrogen-bond donors (Lipinski definition) is 4. The summed E-state index contributed by atoms with van der Waals surface area (Å²) in [5, 5.41) is 44.5. The van der Waals surface area contributed by atoms with E-state index in [9.17, 15) is 46.4 Å². The molecule has 0 radical (unpaired) electrons. The Morgan fingerprint density at radius 2 is 0.861 bits per heavy atom. The van der Waals surface area contributed by atoms with Gasteiger partial charge in [-0.1, -0.05) is 24.3 Å². The van der Waals surface area contributed by atoms with Crippen LogP contribution in [0.5, 0.6) is 0 Å². The fourth-order valence-corrected chi connectivity index (χ4v) is 5.75. The summed E-state index contributed by atoms with van der Waals surface area (Å²) in [6, 6.07) is 6.17. The summed E-state index contributed by atoms with van der Waals surface area (Å²) in [5.74, 6) is -1.30. The molecule has 4 N–H and O–H groups in total. The molecule has 0 spiro atoms. The average Bonchev–Trinajstić information content (AvgIpc) is 2.73. The molecule has 2 aliphatic heterocycles. The van der Waals surface area contributed by atoms with Gasteiger partial charge in [-0.2, -0.15) is 0 Å². The van der Waals surface area contributed by atoms with Crippen molar-refractivity contribution in [2.24, 2.45) is 0 Å². The first kappa shape index (κ1) is 32.5. The zero-order valence-electron chi connectivity index (χ0n) is 19.8. The van der Waals surface area contributed by atoms with Crippen LogP contribution in [0.4, 0.5) is 0 Å². The molecule has 0 bridgehead atoms. The molecule has 0 aromatic heterocycles. The van der Waals surface area contributed by atoms with Crippen LogP contribution in [-0.2, 0) is 20.2 Å². The smallest absolute Gasteiger partial charge is 0.748 e. The quantitative estimate of drug-likeness (QED) is 0.175. The molecule has 4 unspecified atom stereocenters. The monoisotopic (exact) mass is 562 g/mol. The van der Waals surface area contributed by atoms with Crippen molar-refractivity contribution in [1.82, 2.24) is 9.80 Å². The Hall–Kier alpha value is 0.280. The first-order chi connectivity index (χ1) is 15.8. The molecule has 4 atom stereocenters. The first-order valence-corrected chi connectivity index (χ1v) is 13.7. The molecular formula is C20H24N2Na2O10S2. The zero-order chi connectivity index (χ0) is 25.0. The summed E-state index contributed by atoms with van der Waals surface area (Å²) >= 11 is 0. The van der Waals surface area contributed by atoms with Crippen molar-refractivity contribution in [1.29, 1.82) is 0 Å². The van der Waals surface area contributed by atoms with Gasteiger partial charge in [0.15, 0.2) is 0 Å². The molecule has 0 saturated carbocycles. The van der Waals surface area contributed by atoms with Crippen LogP contribution >= 0.6 is 0 Å². The summed E-state index contributed by atoms with van der Waals surface area (Å²) in [7, 11) is -8.90. The van der Waals surface area contributed by atoms with Gasteiger partial charge in [0, 0.05) is 46.8 Å². The standard InChI is InChI=1S/C20H26N2O10S2.2Na/c23-17-11-3-5-13-16-14(20(26)22(19(13)25)8-2-10-34(30,31)32)6-4-12(15(11)16)18(24)21(17)7-1-9-33(27,28)29;;/h3-6,17-20,23-26H,1-2,7-10H2,(H,27,28,29)(H,30,31,32);;/q;2*+1/p-2. The molecular weight excluding hydrogens is 538 g/mol. The fourth-order valence-electron chi connectivity index (χ4n) is 4.78. The third-order valence-corrected chi connectivity index (χ3v) is 7.86. The molecule has 0 amide bonds. The number of aliphatic hydroxyl groups excluding tert-OH is 4. The maximum Gasteiger partial charge on any atom is 1.00 e. The largest absolute Gasteiger partial charge is 1.00 e. The zero-order valence-corrected chi connectivity index (χ0v) is 25.4. The number of rotatable bonds is 8. The Morgan fingerprint density at radius 1 is 0.611 bits per heavy atom. The maximum absolute atomic E-state index is 10.9. The van der Waals surface area contributed by atoms with Gasteiger partial charge in [-0.3, -0.25) is 0 Å². The topological polar surface area (TPSA) is 202 Å². The second kappa shape index (κ2) is 12.2. The number of aliphatic hydroxyl groups is 4. The summed E-state index contributed by atoms with van der Waals surface area (Å²) < 4.78 is 65.5. The van der Waals surface area contributed by atoms with Crippen LogP contribution in [0, 0.1) is 0 Å². The molecule has 16 heteroatoms. The van der Waals surface area contributed by atoms with E-state index in [1.54, 1.807) is 24.3 Å². The average molecular weight is 563 g/mol. The van der Waals surface area contributed by atoms with Gasteiger partial charge in [-0.15, -0.1) is 0 Å². The van der Waals surface area contributed by atoms with Gasteiger partial charge in [0.05, 0.1) is 20.2 Å². The third kappa shape index (κ3) is 6.53. The summed E-state index contributed by atoms with van der Waals surface area (Å²) in [6.07, 6.45) is -5.54. The number of hydrogen-bond acceptors (Lipinski definition) is 12. The van der Waals surface area contributed by atoms with Gasteiger partial charge in [0.25, 0.3) is 0 Å². The molecule has 0 fully saturated rings.